The molecule has 0 saturated carbocycles. The molecule has 0 aliphatic carbocycles. The third kappa shape index (κ3) is 5.88. The highest BCUT2D eigenvalue weighted by Crippen LogP contribution is 2.15. The van der Waals surface area contributed by atoms with Crippen molar-refractivity contribution in [1.29, 1.82) is 0 Å². The fourth-order valence-corrected chi connectivity index (χ4v) is 1.95. The Labute approximate surface area is 126 Å². The van der Waals surface area contributed by atoms with E-state index in [4.69, 9.17) is 4.74 Å². The fraction of sp³-hybridized carbons (Fsp3) is 0.471. The SMILES string of the molecule is CCC(C#CCOC(=O)OC)(CC)NCc1ccccc1. The normalized spacial score (nSPS) is 10.4. The van der Waals surface area contributed by atoms with Crippen LogP contribution in [0.4, 0.5) is 4.79 Å². The van der Waals surface area contributed by atoms with Crippen LogP contribution in [0.2, 0.25) is 0 Å². The Morgan fingerprint density at radius 1 is 1.24 bits per heavy atom. The Bertz CT molecular complexity index is 484. The standard InChI is InChI=1S/C17H23NO3/c1-4-17(5-2,12-9-13-21-16(19)20-3)18-14-15-10-7-6-8-11-15/h6-8,10-11,18H,4-5,13-14H2,1-3H3. The van der Waals surface area contributed by atoms with E-state index in [9.17, 15) is 4.79 Å². The molecule has 0 saturated heterocycles. The second-order valence-electron chi connectivity index (χ2n) is 4.67. The van der Waals surface area contributed by atoms with E-state index in [2.05, 4.69) is 47.9 Å². The minimum absolute atomic E-state index is 0.0431. The van der Waals surface area contributed by atoms with Gasteiger partial charge < -0.3 is 9.47 Å². The first-order valence-electron chi connectivity index (χ1n) is 7.15. The summed E-state index contributed by atoms with van der Waals surface area (Å²) in [6, 6.07) is 10.2. The molecular weight excluding hydrogens is 266 g/mol. The van der Waals surface area contributed by atoms with Crippen molar-refractivity contribution in [2.24, 2.45) is 0 Å². The minimum Gasteiger partial charge on any atom is -0.438 e. The van der Waals surface area contributed by atoms with E-state index in [1.807, 2.05) is 18.2 Å². The van der Waals surface area contributed by atoms with Gasteiger partial charge in [0, 0.05) is 6.54 Å². The van der Waals surface area contributed by atoms with Crippen molar-refractivity contribution in [2.45, 2.75) is 38.8 Å². The highest BCUT2D eigenvalue weighted by Gasteiger charge is 2.22. The lowest BCUT2D eigenvalue weighted by Gasteiger charge is -2.27. The second-order valence-corrected chi connectivity index (χ2v) is 4.67. The van der Waals surface area contributed by atoms with Crippen LogP contribution in [0.1, 0.15) is 32.3 Å². The molecule has 0 bridgehead atoms. The summed E-state index contributed by atoms with van der Waals surface area (Å²) < 4.78 is 9.17. The van der Waals surface area contributed by atoms with Crippen molar-refractivity contribution >= 4 is 6.16 Å². The first-order valence-corrected chi connectivity index (χ1v) is 7.15. The molecule has 0 aromatic heterocycles. The predicted molar refractivity (Wildman–Crippen MR) is 82.7 cm³/mol. The van der Waals surface area contributed by atoms with E-state index < -0.39 is 6.16 Å². The first-order chi connectivity index (χ1) is 10.2. The number of carbonyl (C=O) groups excluding carboxylic acids is 1. The molecule has 0 atom stereocenters. The summed E-state index contributed by atoms with van der Waals surface area (Å²) in [4.78, 5) is 10.9. The van der Waals surface area contributed by atoms with Gasteiger partial charge in [-0.2, -0.15) is 0 Å². The molecule has 0 fully saturated rings. The van der Waals surface area contributed by atoms with Crippen LogP contribution in [0.25, 0.3) is 0 Å². The Hall–Kier alpha value is -1.99. The number of rotatable bonds is 6. The third-order valence-electron chi connectivity index (χ3n) is 3.44. The Morgan fingerprint density at radius 2 is 1.90 bits per heavy atom. The average Bonchev–Trinajstić information content (AvgIpc) is 2.55. The summed E-state index contributed by atoms with van der Waals surface area (Å²) in [5.74, 6) is 6.08. The van der Waals surface area contributed by atoms with E-state index >= 15 is 0 Å². The lowest BCUT2D eigenvalue weighted by Crippen LogP contribution is -2.42. The maximum atomic E-state index is 10.9. The van der Waals surface area contributed by atoms with Crippen LogP contribution < -0.4 is 5.32 Å². The number of methoxy groups -OCH3 is 1. The highest BCUT2D eigenvalue weighted by atomic mass is 16.7. The van der Waals surface area contributed by atoms with Gasteiger partial charge in [-0.3, -0.25) is 5.32 Å². The lowest BCUT2D eigenvalue weighted by atomic mass is 9.93. The molecule has 1 aromatic carbocycles. The number of ether oxygens (including phenoxy) is 2. The molecule has 0 aliphatic rings. The molecule has 1 N–H and O–H groups in total. The monoisotopic (exact) mass is 289 g/mol. The van der Waals surface area contributed by atoms with E-state index in [1.165, 1.54) is 12.7 Å². The summed E-state index contributed by atoms with van der Waals surface area (Å²) in [7, 11) is 1.28. The van der Waals surface area contributed by atoms with Gasteiger partial charge in [-0.25, -0.2) is 4.79 Å². The van der Waals surface area contributed by atoms with Crippen molar-refractivity contribution in [3.05, 3.63) is 35.9 Å². The van der Waals surface area contributed by atoms with Gasteiger partial charge in [-0.15, -0.1) is 0 Å². The van der Waals surface area contributed by atoms with Crippen molar-refractivity contribution in [3.63, 3.8) is 0 Å². The van der Waals surface area contributed by atoms with Gasteiger partial charge in [-0.05, 0) is 18.4 Å². The van der Waals surface area contributed by atoms with Crippen LogP contribution in [0.15, 0.2) is 30.3 Å². The first kappa shape index (κ1) is 17.1. The quantitative estimate of drug-likeness (QED) is 0.645. The summed E-state index contributed by atoms with van der Waals surface area (Å²) in [6.45, 7) is 4.99. The topological polar surface area (TPSA) is 47.6 Å². The van der Waals surface area contributed by atoms with E-state index in [1.54, 1.807) is 0 Å². The molecule has 114 valence electrons. The second kappa shape index (κ2) is 9.04. The Balaban J connectivity index is 2.61. The molecule has 1 aromatic rings. The fourth-order valence-electron chi connectivity index (χ4n) is 1.95. The lowest BCUT2D eigenvalue weighted by molar-refractivity contribution is 0.0832. The van der Waals surface area contributed by atoms with Gasteiger partial charge in [-0.1, -0.05) is 56.0 Å². The van der Waals surface area contributed by atoms with Crippen molar-refractivity contribution in [1.82, 2.24) is 5.32 Å². The number of benzene rings is 1. The summed E-state index contributed by atoms with van der Waals surface area (Å²) >= 11 is 0. The molecule has 0 aliphatic heterocycles. The predicted octanol–water partition coefficient (Wildman–Crippen LogP) is 3.12. The molecule has 0 spiro atoms. The number of nitrogens with one attached hydrogen (secondary N) is 1. The van der Waals surface area contributed by atoms with Crippen molar-refractivity contribution in [3.8, 4) is 11.8 Å². The summed E-state index contributed by atoms with van der Waals surface area (Å²) in [5, 5.41) is 3.51. The zero-order chi connectivity index (χ0) is 15.6. The van der Waals surface area contributed by atoms with Crippen LogP contribution >= 0.6 is 0 Å². The largest absolute Gasteiger partial charge is 0.508 e. The van der Waals surface area contributed by atoms with Crippen molar-refractivity contribution < 1.29 is 14.3 Å². The summed E-state index contributed by atoms with van der Waals surface area (Å²) in [6.07, 6.45) is 1.04. The zero-order valence-electron chi connectivity index (χ0n) is 12.9. The average molecular weight is 289 g/mol. The van der Waals surface area contributed by atoms with Gasteiger partial charge in [0.25, 0.3) is 0 Å². The smallest absolute Gasteiger partial charge is 0.438 e. The Kier molecular flexibility index (Phi) is 7.34. The number of hydrogen-bond donors (Lipinski definition) is 1. The zero-order valence-corrected chi connectivity index (χ0v) is 12.9. The van der Waals surface area contributed by atoms with Crippen LogP contribution in [-0.2, 0) is 16.0 Å². The minimum atomic E-state index is -0.708. The van der Waals surface area contributed by atoms with Crippen LogP contribution in [0, 0.1) is 11.8 Å². The maximum absolute atomic E-state index is 10.9. The third-order valence-corrected chi connectivity index (χ3v) is 3.44. The van der Waals surface area contributed by atoms with Gasteiger partial charge in [0.1, 0.15) is 0 Å². The molecule has 0 heterocycles. The number of hydrogen-bond acceptors (Lipinski definition) is 4. The molecular formula is C17H23NO3. The van der Waals surface area contributed by atoms with Crippen LogP contribution in [0.3, 0.4) is 0 Å². The molecule has 21 heavy (non-hydrogen) atoms. The van der Waals surface area contributed by atoms with Crippen molar-refractivity contribution in [2.75, 3.05) is 13.7 Å². The van der Waals surface area contributed by atoms with Gasteiger partial charge >= 0.3 is 6.16 Å². The van der Waals surface area contributed by atoms with Gasteiger partial charge in [0.05, 0.1) is 12.6 Å². The van der Waals surface area contributed by atoms with Gasteiger partial charge in [0.15, 0.2) is 6.61 Å². The molecule has 1 rings (SSSR count). The molecule has 4 nitrogen and oxygen atoms in total. The van der Waals surface area contributed by atoms with E-state index in [0.29, 0.717) is 0 Å². The van der Waals surface area contributed by atoms with Crippen LogP contribution in [-0.4, -0.2) is 25.4 Å². The molecule has 0 radical (unpaired) electrons. The summed E-state index contributed by atoms with van der Waals surface area (Å²) in [5.41, 5.74) is 0.950. The Morgan fingerprint density at radius 3 is 2.48 bits per heavy atom. The number of carbonyl (C=O) groups is 1. The molecule has 0 unspecified atom stereocenters. The van der Waals surface area contributed by atoms with E-state index in [-0.39, 0.29) is 12.1 Å². The van der Waals surface area contributed by atoms with E-state index in [0.717, 1.165) is 19.4 Å². The molecule has 4 heteroatoms. The van der Waals surface area contributed by atoms with Gasteiger partial charge in [0.2, 0.25) is 0 Å². The maximum Gasteiger partial charge on any atom is 0.508 e. The molecule has 0 amide bonds. The highest BCUT2D eigenvalue weighted by molar-refractivity contribution is 5.59. The van der Waals surface area contributed by atoms with Crippen LogP contribution in [0.5, 0.6) is 0 Å².